The molecule has 0 aliphatic carbocycles. The van der Waals surface area contributed by atoms with Gasteiger partial charge in [-0.1, -0.05) is 30.3 Å². The molecule has 1 amide bonds. The van der Waals surface area contributed by atoms with E-state index in [1.807, 2.05) is 37.3 Å². The zero-order valence-corrected chi connectivity index (χ0v) is 14.6. The van der Waals surface area contributed by atoms with E-state index < -0.39 is 17.9 Å². The van der Waals surface area contributed by atoms with Crippen LogP contribution in [0.3, 0.4) is 0 Å². The quantitative estimate of drug-likeness (QED) is 0.709. The maximum absolute atomic E-state index is 12.6. The fourth-order valence-electron chi connectivity index (χ4n) is 2.84. The second-order valence-electron chi connectivity index (χ2n) is 6.05. The monoisotopic (exact) mass is 352 g/mol. The third kappa shape index (κ3) is 3.56. The van der Waals surface area contributed by atoms with Gasteiger partial charge < -0.3 is 10.4 Å². The molecule has 0 aliphatic rings. The van der Waals surface area contributed by atoms with Crippen molar-refractivity contribution < 1.29 is 14.7 Å². The van der Waals surface area contributed by atoms with Gasteiger partial charge in [0.1, 0.15) is 6.04 Å². The summed E-state index contributed by atoms with van der Waals surface area (Å²) in [5.74, 6) is -1.53. The van der Waals surface area contributed by atoms with Crippen LogP contribution in [0.2, 0.25) is 0 Å². The van der Waals surface area contributed by atoms with Crippen molar-refractivity contribution in [1.29, 1.82) is 0 Å². The first kappa shape index (κ1) is 17.6. The largest absolute Gasteiger partial charge is 0.480 e. The van der Waals surface area contributed by atoms with Crippen LogP contribution >= 0.6 is 0 Å². The molecule has 0 spiro atoms. The Kier molecular flexibility index (Phi) is 4.97. The van der Waals surface area contributed by atoms with Crippen molar-refractivity contribution in [1.82, 2.24) is 20.1 Å². The summed E-state index contributed by atoms with van der Waals surface area (Å²) in [6.45, 7) is 4.37. The third-order valence-corrected chi connectivity index (χ3v) is 4.23. The van der Waals surface area contributed by atoms with Gasteiger partial charge in [0.15, 0.2) is 5.65 Å². The first-order valence-corrected chi connectivity index (χ1v) is 8.40. The molecule has 134 valence electrons. The van der Waals surface area contributed by atoms with Crippen molar-refractivity contribution in [2.24, 2.45) is 0 Å². The number of amides is 1. The lowest BCUT2D eigenvalue weighted by Crippen LogP contribution is -2.42. The van der Waals surface area contributed by atoms with Gasteiger partial charge in [-0.2, -0.15) is 5.10 Å². The molecule has 1 aromatic carbocycles. The van der Waals surface area contributed by atoms with Gasteiger partial charge in [-0.05, 0) is 25.5 Å². The minimum absolute atomic E-state index is 0.213. The number of carboxylic acids is 1. The number of carbonyl (C=O) groups is 2. The minimum atomic E-state index is -1.08. The number of aromatic nitrogens is 3. The second-order valence-corrected chi connectivity index (χ2v) is 6.05. The highest BCUT2D eigenvalue weighted by Gasteiger charge is 2.23. The van der Waals surface area contributed by atoms with E-state index in [2.05, 4.69) is 15.4 Å². The molecule has 2 heterocycles. The zero-order valence-electron chi connectivity index (χ0n) is 14.6. The van der Waals surface area contributed by atoms with Crippen LogP contribution in [-0.4, -0.2) is 37.8 Å². The molecule has 26 heavy (non-hydrogen) atoms. The van der Waals surface area contributed by atoms with Gasteiger partial charge in [-0.15, -0.1) is 0 Å². The van der Waals surface area contributed by atoms with Gasteiger partial charge in [0.25, 0.3) is 5.91 Å². The van der Waals surface area contributed by atoms with Crippen LogP contribution in [0.15, 0.2) is 42.6 Å². The molecule has 7 heteroatoms. The Labute approximate surface area is 150 Å². The van der Waals surface area contributed by atoms with Crippen molar-refractivity contribution in [2.45, 2.75) is 32.9 Å². The molecule has 0 fully saturated rings. The van der Waals surface area contributed by atoms with E-state index in [9.17, 15) is 14.7 Å². The van der Waals surface area contributed by atoms with Crippen molar-refractivity contribution >= 4 is 22.9 Å². The third-order valence-electron chi connectivity index (χ3n) is 4.23. The maximum atomic E-state index is 12.6. The van der Waals surface area contributed by atoms with Crippen molar-refractivity contribution in [3.05, 3.63) is 59.4 Å². The highest BCUT2D eigenvalue weighted by atomic mass is 16.4. The van der Waals surface area contributed by atoms with Crippen molar-refractivity contribution in [3.8, 4) is 0 Å². The first-order valence-electron chi connectivity index (χ1n) is 8.40. The summed E-state index contributed by atoms with van der Waals surface area (Å²) < 4.78 is 1.75. The van der Waals surface area contributed by atoms with E-state index in [1.54, 1.807) is 23.9 Å². The Bertz CT molecular complexity index is 950. The summed E-state index contributed by atoms with van der Waals surface area (Å²) in [7, 11) is 0. The number of fused-ring (bicyclic) bond motifs is 1. The number of hydrogen-bond donors (Lipinski definition) is 2. The van der Waals surface area contributed by atoms with Crippen LogP contribution in [-0.2, 0) is 17.8 Å². The summed E-state index contributed by atoms with van der Waals surface area (Å²) in [5, 5.41) is 17.0. The molecule has 7 nitrogen and oxygen atoms in total. The molecular formula is C19H20N4O3. The van der Waals surface area contributed by atoms with Crippen LogP contribution in [0.25, 0.3) is 11.0 Å². The van der Waals surface area contributed by atoms with Crippen LogP contribution in [0, 0.1) is 6.92 Å². The van der Waals surface area contributed by atoms with Gasteiger partial charge in [-0.25, -0.2) is 14.5 Å². The molecule has 0 radical (unpaired) electrons. The molecule has 3 aromatic rings. The van der Waals surface area contributed by atoms with Gasteiger partial charge in [-0.3, -0.25) is 4.79 Å². The SMILES string of the molecule is CCn1ncc2cc(C(=O)N[C@H](Cc3ccccc3)C(=O)O)c(C)nc21. The standard InChI is InChI=1S/C19H20N4O3/c1-3-23-17-14(11-20-23)10-15(12(2)21-17)18(24)22-16(19(25)26)9-13-7-5-4-6-8-13/h4-8,10-11,16H,3,9H2,1-2H3,(H,22,24)(H,25,26)/t16-/m1/s1. The number of pyridine rings is 1. The number of nitrogens with one attached hydrogen (secondary N) is 1. The summed E-state index contributed by atoms with van der Waals surface area (Å²) >= 11 is 0. The molecular weight excluding hydrogens is 332 g/mol. The van der Waals surface area contributed by atoms with Crippen molar-refractivity contribution in [3.63, 3.8) is 0 Å². The van der Waals surface area contributed by atoms with Crippen LogP contribution < -0.4 is 5.32 Å². The summed E-state index contributed by atoms with van der Waals surface area (Å²) in [6, 6.07) is 9.89. The molecule has 0 aliphatic heterocycles. The van der Waals surface area contributed by atoms with E-state index in [4.69, 9.17) is 0 Å². The predicted octanol–water partition coefficient (Wildman–Crippen LogP) is 2.19. The van der Waals surface area contributed by atoms with E-state index >= 15 is 0 Å². The van der Waals surface area contributed by atoms with E-state index in [1.165, 1.54) is 0 Å². The van der Waals surface area contributed by atoms with Gasteiger partial charge >= 0.3 is 5.97 Å². The summed E-state index contributed by atoms with van der Waals surface area (Å²) in [4.78, 5) is 28.7. The Balaban J connectivity index is 1.84. The van der Waals surface area contributed by atoms with E-state index in [0.29, 0.717) is 23.4 Å². The second kappa shape index (κ2) is 7.35. The lowest BCUT2D eigenvalue weighted by molar-refractivity contribution is -0.139. The molecule has 0 unspecified atom stereocenters. The Morgan fingerprint density at radius 1 is 1.27 bits per heavy atom. The lowest BCUT2D eigenvalue weighted by Gasteiger charge is -2.15. The molecule has 0 saturated heterocycles. The number of hydrogen-bond acceptors (Lipinski definition) is 4. The zero-order chi connectivity index (χ0) is 18.7. The Morgan fingerprint density at radius 3 is 2.65 bits per heavy atom. The Hall–Kier alpha value is -3.22. The number of nitrogens with zero attached hydrogens (tertiary/aromatic N) is 3. The molecule has 1 atom stereocenters. The molecule has 0 saturated carbocycles. The average molecular weight is 352 g/mol. The van der Waals surface area contributed by atoms with E-state index in [0.717, 1.165) is 10.9 Å². The average Bonchev–Trinajstić information content (AvgIpc) is 3.03. The topological polar surface area (TPSA) is 97.1 Å². The normalized spacial score (nSPS) is 12.1. The van der Waals surface area contributed by atoms with Crippen LogP contribution in [0.1, 0.15) is 28.5 Å². The number of carboxylic acid groups (broad SMARTS) is 1. The Morgan fingerprint density at radius 2 is 2.00 bits per heavy atom. The predicted molar refractivity (Wildman–Crippen MR) is 97.0 cm³/mol. The molecule has 2 N–H and O–H groups in total. The smallest absolute Gasteiger partial charge is 0.326 e. The lowest BCUT2D eigenvalue weighted by atomic mass is 10.1. The minimum Gasteiger partial charge on any atom is -0.480 e. The molecule has 3 rings (SSSR count). The van der Waals surface area contributed by atoms with Gasteiger partial charge in [0, 0.05) is 18.4 Å². The summed E-state index contributed by atoms with van der Waals surface area (Å²) in [5.41, 5.74) is 2.44. The number of aryl methyl sites for hydroxylation is 2. The maximum Gasteiger partial charge on any atom is 0.326 e. The fraction of sp³-hybridized carbons (Fsp3) is 0.263. The summed E-state index contributed by atoms with van der Waals surface area (Å²) in [6.07, 6.45) is 1.87. The number of aliphatic carboxylic acids is 1. The van der Waals surface area contributed by atoms with Crippen molar-refractivity contribution in [2.75, 3.05) is 0 Å². The van der Waals surface area contributed by atoms with Gasteiger partial charge in [0.2, 0.25) is 0 Å². The van der Waals surface area contributed by atoms with Gasteiger partial charge in [0.05, 0.1) is 17.5 Å². The van der Waals surface area contributed by atoms with Crippen LogP contribution in [0.5, 0.6) is 0 Å². The number of rotatable bonds is 6. The fourth-order valence-corrected chi connectivity index (χ4v) is 2.84. The number of carbonyl (C=O) groups excluding carboxylic acids is 1. The highest BCUT2D eigenvalue weighted by molar-refractivity contribution is 6.00. The van der Waals surface area contributed by atoms with Crippen LogP contribution in [0.4, 0.5) is 0 Å². The first-order chi connectivity index (χ1) is 12.5. The highest BCUT2D eigenvalue weighted by Crippen LogP contribution is 2.17. The molecule has 0 bridgehead atoms. The number of benzene rings is 1. The molecule has 2 aromatic heterocycles. The van der Waals surface area contributed by atoms with E-state index in [-0.39, 0.29) is 6.42 Å².